The third-order valence-electron chi connectivity index (χ3n) is 2.10. The molecule has 0 aliphatic carbocycles. The van der Waals surface area contributed by atoms with Gasteiger partial charge < -0.3 is 11.1 Å². The van der Waals surface area contributed by atoms with Crippen LogP contribution in [0.5, 0.6) is 0 Å². The summed E-state index contributed by atoms with van der Waals surface area (Å²) in [5.41, 5.74) is 10.2. The highest BCUT2D eigenvalue weighted by Crippen LogP contribution is 2.16. The Labute approximate surface area is 85.8 Å². The van der Waals surface area contributed by atoms with Crippen LogP contribution in [-0.2, 0) is 0 Å². The van der Waals surface area contributed by atoms with Crippen LogP contribution in [0.4, 0.5) is 11.4 Å². The van der Waals surface area contributed by atoms with Crippen LogP contribution in [0.25, 0.3) is 0 Å². The van der Waals surface area contributed by atoms with Gasteiger partial charge in [0.1, 0.15) is 0 Å². The molecule has 3 N–H and O–H groups in total. The average molecular weight is 190 g/mol. The van der Waals surface area contributed by atoms with Crippen molar-refractivity contribution in [2.45, 2.75) is 20.8 Å². The maximum Gasteiger partial charge on any atom is 0.0364 e. The summed E-state index contributed by atoms with van der Waals surface area (Å²) in [7, 11) is 0. The Morgan fingerprint density at radius 1 is 1.43 bits per heavy atom. The molecule has 14 heavy (non-hydrogen) atoms. The average Bonchev–Trinajstić information content (AvgIpc) is 2.10. The highest BCUT2D eigenvalue weighted by Gasteiger charge is 1.94. The number of aryl methyl sites for hydroxylation is 1. The molecule has 1 aromatic carbocycles. The lowest BCUT2D eigenvalue weighted by Crippen LogP contribution is -2.00. The Bertz CT molecular complexity index is 336. The monoisotopic (exact) mass is 190 g/mol. The normalized spacial score (nSPS) is 9.64. The first-order chi connectivity index (χ1) is 6.59. The zero-order valence-corrected chi connectivity index (χ0v) is 9.09. The number of anilines is 2. The second-order valence-corrected chi connectivity index (χ2v) is 3.73. The minimum Gasteiger partial charge on any atom is -0.398 e. The molecular formula is C12H18N2. The summed E-state index contributed by atoms with van der Waals surface area (Å²) in [6, 6.07) is 6.04. The van der Waals surface area contributed by atoms with Crippen LogP contribution in [0.15, 0.2) is 29.8 Å². The van der Waals surface area contributed by atoms with E-state index in [1.165, 1.54) is 5.57 Å². The standard InChI is InChI=1S/C12H18N2/c1-9(2)6-7-14-11-5-4-10(3)12(13)8-11/h4-6,8,14H,7,13H2,1-3H3. The van der Waals surface area contributed by atoms with Crippen molar-refractivity contribution < 1.29 is 0 Å². The molecule has 1 aromatic rings. The third-order valence-corrected chi connectivity index (χ3v) is 2.10. The topological polar surface area (TPSA) is 38.0 Å². The van der Waals surface area contributed by atoms with Crippen molar-refractivity contribution in [3.8, 4) is 0 Å². The number of allylic oxidation sites excluding steroid dienone is 1. The van der Waals surface area contributed by atoms with Crippen molar-refractivity contribution >= 4 is 11.4 Å². The van der Waals surface area contributed by atoms with Gasteiger partial charge in [-0.3, -0.25) is 0 Å². The van der Waals surface area contributed by atoms with Gasteiger partial charge in [-0.2, -0.15) is 0 Å². The van der Waals surface area contributed by atoms with Crippen molar-refractivity contribution in [1.82, 2.24) is 0 Å². The largest absolute Gasteiger partial charge is 0.398 e. The number of nitrogens with two attached hydrogens (primary N) is 1. The second-order valence-electron chi connectivity index (χ2n) is 3.73. The maximum absolute atomic E-state index is 5.80. The van der Waals surface area contributed by atoms with E-state index in [1.54, 1.807) is 0 Å². The molecule has 0 aliphatic heterocycles. The molecule has 0 saturated heterocycles. The number of hydrogen-bond acceptors (Lipinski definition) is 2. The number of hydrogen-bond donors (Lipinski definition) is 2. The van der Waals surface area contributed by atoms with E-state index in [-0.39, 0.29) is 0 Å². The molecule has 0 aliphatic rings. The Morgan fingerprint density at radius 2 is 2.14 bits per heavy atom. The summed E-state index contributed by atoms with van der Waals surface area (Å²) in [6.45, 7) is 7.04. The number of nitrogen functional groups attached to an aromatic ring is 1. The molecular weight excluding hydrogens is 172 g/mol. The first kappa shape index (κ1) is 10.6. The van der Waals surface area contributed by atoms with Crippen molar-refractivity contribution in [3.05, 3.63) is 35.4 Å². The van der Waals surface area contributed by atoms with Crippen LogP contribution in [0.1, 0.15) is 19.4 Å². The minimum atomic E-state index is 0.840. The van der Waals surface area contributed by atoms with Crippen LogP contribution in [-0.4, -0.2) is 6.54 Å². The molecule has 2 nitrogen and oxygen atoms in total. The zero-order valence-electron chi connectivity index (χ0n) is 9.09. The molecule has 0 fully saturated rings. The van der Waals surface area contributed by atoms with Crippen LogP contribution in [0.3, 0.4) is 0 Å². The van der Waals surface area contributed by atoms with E-state index in [1.807, 2.05) is 25.1 Å². The second kappa shape index (κ2) is 4.70. The van der Waals surface area contributed by atoms with Gasteiger partial charge in [-0.1, -0.05) is 17.7 Å². The smallest absolute Gasteiger partial charge is 0.0364 e. The molecule has 0 aromatic heterocycles. The molecule has 0 heterocycles. The van der Waals surface area contributed by atoms with Crippen LogP contribution in [0.2, 0.25) is 0 Å². The van der Waals surface area contributed by atoms with E-state index < -0.39 is 0 Å². The molecule has 0 saturated carbocycles. The summed E-state index contributed by atoms with van der Waals surface area (Å²) < 4.78 is 0. The van der Waals surface area contributed by atoms with Crippen molar-refractivity contribution in [1.29, 1.82) is 0 Å². The van der Waals surface area contributed by atoms with Crippen molar-refractivity contribution in [3.63, 3.8) is 0 Å². The minimum absolute atomic E-state index is 0.840. The lowest BCUT2D eigenvalue weighted by atomic mass is 10.2. The molecule has 1 rings (SSSR count). The molecule has 0 radical (unpaired) electrons. The Balaban J connectivity index is 2.60. The first-order valence-electron chi connectivity index (χ1n) is 4.83. The fraction of sp³-hybridized carbons (Fsp3) is 0.333. The van der Waals surface area contributed by atoms with E-state index in [0.717, 1.165) is 23.5 Å². The molecule has 0 atom stereocenters. The van der Waals surface area contributed by atoms with Gasteiger partial charge in [-0.25, -0.2) is 0 Å². The summed E-state index contributed by atoms with van der Waals surface area (Å²) in [6.07, 6.45) is 2.15. The fourth-order valence-electron chi connectivity index (χ4n) is 1.12. The predicted molar refractivity (Wildman–Crippen MR) is 63.5 cm³/mol. The Hall–Kier alpha value is -1.44. The highest BCUT2D eigenvalue weighted by molar-refractivity contribution is 5.58. The summed E-state index contributed by atoms with van der Waals surface area (Å²) in [4.78, 5) is 0. The van der Waals surface area contributed by atoms with Gasteiger partial charge in [0.15, 0.2) is 0 Å². The van der Waals surface area contributed by atoms with Gasteiger partial charge in [0.2, 0.25) is 0 Å². The lowest BCUT2D eigenvalue weighted by Gasteiger charge is -2.06. The Kier molecular flexibility index (Phi) is 3.57. The van der Waals surface area contributed by atoms with Gasteiger partial charge >= 0.3 is 0 Å². The molecule has 0 spiro atoms. The van der Waals surface area contributed by atoms with Gasteiger partial charge in [-0.15, -0.1) is 0 Å². The number of benzene rings is 1. The quantitative estimate of drug-likeness (QED) is 0.568. The van der Waals surface area contributed by atoms with Gasteiger partial charge in [0.25, 0.3) is 0 Å². The SMILES string of the molecule is CC(C)=CCNc1ccc(C)c(N)c1. The van der Waals surface area contributed by atoms with Gasteiger partial charge in [0.05, 0.1) is 0 Å². The Morgan fingerprint density at radius 3 is 2.71 bits per heavy atom. The van der Waals surface area contributed by atoms with Crippen molar-refractivity contribution in [2.24, 2.45) is 0 Å². The van der Waals surface area contributed by atoms with E-state index in [4.69, 9.17) is 5.73 Å². The van der Waals surface area contributed by atoms with Crippen LogP contribution < -0.4 is 11.1 Å². The first-order valence-corrected chi connectivity index (χ1v) is 4.83. The molecule has 2 heteroatoms. The van der Waals surface area contributed by atoms with E-state index in [9.17, 15) is 0 Å². The van der Waals surface area contributed by atoms with Crippen LogP contribution in [0, 0.1) is 6.92 Å². The summed E-state index contributed by atoms with van der Waals surface area (Å²) in [5.74, 6) is 0. The number of rotatable bonds is 3. The maximum atomic E-state index is 5.80. The lowest BCUT2D eigenvalue weighted by molar-refractivity contribution is 1.26. The third kappa shape index (κ3) is 3.13. The van der Waals surface area contributed by atoms with E-state index in [0.29, 0.717) is 0 Å². The zero-order chi connectivity index (χ0) is 10.6. The van der Waals surface area contributed by atoms with Crippen LogP contribution >= 0.6 is 0 Å². The fourth-order valence-corrected chi connectivity index (χ4v) is 1.12. The van der Waals surface area contributed by atoms with E-state index in [2.05, 4.69) is 25.2 Å². The summed E-state index contributed by atoms with van der Waals surface area (Å²) in [5, 5.41) is 3.29. The van der Waals surface area contributed by atoms with Crippen molar-refractivity contribution in [2.75, 3.05) is 17.6 Å². The highest BCUT2D eigenvalue weighted by atomic mass is 14.9. The number of nitrogens with one attached hydrogen (secondary N) is 1. The molecule has 0 bridgehead atoms. The molecule has 76 valence electrons. The van der Waals surface area contributed by atoms with Gasteiger partial charge in [-0.05, 0) is 38.5 Å². The van der Waals surface area contributed by atoms with Gasteiger partial charge in [0, 0.05) is 17.9 Å². The summed E-state index contributed by atoms with van der Waals surface area (Å²) >= 11 is 0. The molecule has 0 unspecified atom stereocenters. The van der Waals surface area contributed by atoms with E-state index >= 15 is 0 Å². The molecule has 0 amide bonds. The predicted octanol–water partition coefficient (Wildman–Crippen LogP) is 2.96.